The van der Waals surface area contributed by atoms with Crippen LogP contribution in [0.15, 0.2) is 59.8 Å². The van der Waals surface area contributed by atoms with Crippen molar-refractivity contribution < 1.29 is 22.6 Å². The fraction of sp³-hybridized carbons (Fsp3) is 0.348. The van der Waals surface area contributed by atoms with E-state index in [9.17, 15) is 18.0 Å². The molecule has 0 unspecified atom stereocenters. The molecule has 10 heteroatoms. The van der Waals surface area contributed by atoms with Gasteiger partial charge in [-0.25, -0.2) is 0 Å². The van der Waals surface area contributed by atoms with Gasteiger partial charge in [0.1, 0.15) is 5.57 Å². The second kappa shape index (κ2) is 9.20. The predicted molar refractivity (Wildman–Crippen MR) is 131 cm³/mol. The molecule has 2 aliphatic heterocycles. The number of hydrogen-bond donors (Lipinski definition) is 1. The number of para-hydroxylation sites is 1. The molecule has 0 aromatic heterocycles. The van der Waals surface area contributed by atoms with E-state index in [-0.39, 0.29) is 28.3 Å². The maximum absolute atomic E-state index is 12.4. The third-order valence-corrected chi connectivity index (χ3v) is 7.21. The highest BCUT2D eigenvalue weighted by Crippen LogP contribution is 2.47. The number of benzene rings is 1. The second-order valence-electron chi connectivity index (χ2n) is 8.46. The van der Waals surface area contributed by atoms with Crippen LogP contribution in [-0.4, -0.2) is 66.1 Å². The smallest absolute Gasteiger partial charge is 0.265 e. The van der Waals surface area contributed by atoms with E-state index in [4.69, 9.17) is 16.8 Å². The predicted octanol–water partition coefficient (Wildman–Crippen LogP) is 2.64. The van der Waals surface area contributed by atoms with Crippen molar-refractivity contribution in [3.05, 3.63) is 65.4 Å². The Hall–Kier alpha value is -2.82. The molecule has 8 nitrogen and oxygen atoms in total. The van der Waals surface area contributed by atoms with Gasteiger partial charge in [-0.05, 0) is 42.4 Å². The molecule has 0 atom stereocenters. The minimum absolute atomic E-state index is 0.0160. The van der Waals surface area contributed by atoms with Crippen LogP contribution in [0.4, 0.5) is 5.69 Å². The lowest BCUT2D eigenvalue weighted by Gasteiger charge is -2.31. The third kappa shape index (κ3) is 4.92. The highest BCUT2D eigenvalue weighted by molar-refractivity contribution is 7.85. The molecule has 33 heavy (non-hydrogen) atoms. The molecule has 176 valence electrons. The molecule has 2 aliphatic rings. The van der Waals surface area contributed by atoms with E-state index in [1.54, 1.807) is 12.2 Å². The molecule has 1 saturated heterocycles. The maximum Gasteiger partial charge on any atom is 0.265 e. The largest absolute Gasteiger partial charge is 0.344 e. The van der Waals surface area contributed by atoms with Gasteiger partial charge < -0.3 is 4.90 Å². The summed E-state index contributed by atoms with van der Waals surface area (Å²) in [5, 5.41) is 0.152. The Balaban J connectivity index is 1.90. The molecule has 0 saturated carbocycles. The number of amides is 2. The van der Waals surface area contributed by atoms with E-state index < -0.39 is 21.9 Å². The lowest BCUT2D eigenvalue weighted by molar-refractivity contribution is -0.132. The molecule has 0 aliphatic carbocycles. The number of anilines is 1. The lowest BCUT2D eigenvalue weighted by atomic mass is 9.84. The Morgan fingerprint density at radius 3 is 2.21 bits per heavy atom. The number of likely N-dealkylation sites (N-methyl/N-ethyl adjacent to an activating group) is 2. The average Bonchev–Trinajstić information content (AvgIpc) is 2.96. The SMILES string of the molecule is CN1C(=O)C(=C/C=C/C=C2\N(CCCS(=O)(=O)O)c3ccccc3C2(C)C)C(=O)N(C)C1=S. The van der Waals surface area contributed by atoms with Crippen LogP contribution in [0.3, 0.4) is 0 Å². The molecule has 2 heterocycles. The number of hydrogen-bond acceptors (Lipinski definition) is 6. The molecule has 1 aromatic rings. The van der Waals surface area contributed by atoms with Crippen molar-refractivity contribution in [2.24, 2.45) is 0 Å². The van der Waals surface area contributed by atoms with Crippen LogP contribution in [0.25, 0.3) is 0 Å². The molecule has 3 rings (SSSR count). The van der Waals surface area contributed by atoms with Crippen LogP contribution in [0, 0.1) is 0 Å². The van der Waals surface area contributed by atoms with Crippen LogP contribution in [0.2, 0.25) is 0 Å². The first-order valence-corrected chi connectivity index (χ1v) is 12.4. The number of carbonyl (C=O) groups is 2. The fourth-order valence-electron chi connectivity index (χ4n) is 4.08. The average molecular weight is 490 g/mol. The summed E-state index contributed by atoms with van der Waals surface area (Å²) in [7, 11) is -0.998. The zero-order chi connectivity index (χ0) is 24.6. The van der Waals surface area contributed by atoms with Crippen LogP contribution in [0.1, 0.15) is 25.8 Å². The van der Waals surface area contributed by atoms with Crippen molar-refractivity contribution in [2.45, 2.75) is 25.7 Å². The molecular formula is C23H27N3O5S2. The first-order valence-electron chi connectivity index (χ1n) is 10.4. The van der Waals surface area contributed by atoms with Gasteiger partial charge in [0.2, 0.25) is 0 Å². The van der Waals surface area contributed by atoms with Gasteiger partial charge in [-0.3, -0.25) is 23.9 Å². The van der Waals surface area contributed by atoms with Gasteiger partial charge in [-0.1, -0.05) is 44.2 Å². The maximum atomic E-state index is 12.4. The molecule has 1 aromatic carbocycles. The van der Waals surface area contributed by atoms with Crippen molar-refractivity contribution >= 4 is 45.0 Å². The van der Waals surface area contributed by atoms with E-state index in [2.05, 4.69) is 13.8 Å². The topological polar surface area (TPSA) is 98.2 Å². The number of nitrogens with zero attached hydrogens (tertiary/aromatic N) is 3. The fourth-order valence-corrected chi connectivity index (χ4v) is 4.74. The molecule has 1 N–H and O–H groups in total. The van der Waals surface area contributed by atoms with Crippen molar-refractivity contribution in [2.75, 3.05) is 31.3 Å². The Bertz CT molecular complexity index is 1170. The van der Waals surface area contributed by atoms with Crippen molar-refractivity contribution in [1.82, 2.24) is 9.80 Å². The van der Waals surface area contributed by atoms with Crippen molar-refractivity contribution in [3.8, 4) is 0 Å². The summed E-state index contributed by atoms with van der Waals surface area (Å²) in [5.41, 5.74) is 2.68. The minimum Gasteiger partial charge on any atom is -0.344 e. The molecule has 2 amide bonds. The summed E-state index contributed by atoms with van der Waals surface area (Å²) in [6, 6.07) is 7.89. The van der Waals surface area contributed by atoms with Crippen LogP contribution >= 0.6 is 12.2 Å². The van der Waals surface area contributed by atoms with Gasteiger partial charge in [0, 0.05) is 37.4 Å². The highest BCUT2D eigenvalue weighted by Gasteiger charge is 2.39. The van der Waals surface area contributed by atoms with E-state index >= 15 is 0 Å². The summed E-state index contributed by atoms with van der Waals surface area (Å²) in [6.45, 7) is 4.56. The summed E-state index contributed by atoms with van der Waals surface area (Å²) in [5.74, 6) is -1.24. The van der Waals surface area contributed by atoms with Crippen LogP contribution in [-0.2, 0) is 25.1 Å². The number of allylic oxidation sites excluding steroid dienone is 5. The van der Waals surface area contributed by atoms with Gasteiger partial charge in [-0.2, -0.15) is 8.42 Å². The van der Waals surface area contributed by atoms with Crippen LogP contribution < -0.4 is 4.90 Å². The highest BCUT2D eigenvalue weighted by atomic mass is 32.2. The van der Waals surface area contributed by atoms with E-state index in [0.717, 1.165) is 16.9 Å². The Labute approximate surface area is 199 Å². The summed E-state index contributed by atoms with van der Waals surface area (Å²) in [6.07, 6.45) is 6.99. The Morgan fingerprint density at radius 2 is 1.61 bits per heavy atom. The minimum atomic E-state index is -4.05. The molecular weight excluding hydrogens is 462 g/mol. The molecule has 1 fully saturated rings. The third-order valence-electron chi connectivity index (χ3n) is 5.86. The van der Waals surface area contributed by atoms with Crippen LogP contribution in [0.5, 0.6) is 0 Å². The van der Waals surface area contributed by atoms with Crippen molar-refractivity contribution in [3.63, 3.8) is 0 Å². The summed E-state index contributed by atoms with van der Waals surface area (Å²) in [4.78, 5) is 29.4. The Kier molecular flexibility index (Phi) is 6.92. The first kappa shape index (κ1) is 24.8. The number of rotatable bonds is 6. The summed E-state index contributed by atoms with van der Waals surface area (Å²) < 4.78 is 31.5. The number of fused-ring (bicyclic) bond motifs is 1. The first-order chi connectivity index (χ1) is 15.4. The van der Waals surface area contributed by atoms with Gasteiger partial charge in [0.25, 0.3) is 21.9 Å². The zero-order valence-corrected chi connectivity index (χ0v) is 20.6. The van der Waals surface area contributed by atoms with Gasteiger partial charge in [0.15, 0.2) is 5.11 Å². The standard InChI is InChI=1S/C23H27N3O5S2/c1-23(2)17-11-6-7-12-18(17)26(14-9-15-33(29,30)31)19(23)13-8-5-10-16-20(27)24(3)22(32)25(4)21(16)28/h5-8,10-13H,9,14-15H2,1-4H3,(H,29,30,31)/b8-5+,19-13-. The summed E-state index contributed by atoms with van der Waals surface area (Å²) >= 11 is 5.09. The van der Waals surface area contributed by atoms with E-state index in [1.807, 2.05) is 35.2 Å². The molecule has 0 radical (unpaired) electrons. The van der Waals surface area contributed by atoms with Gasteiger partial charge in [0.05, 0.1) is 5.75 Å². The second-order valence-corrected chi connectivity index (χ2v) is 10.4. The molecule has 0 spiro atoms. The quantitative estimate of drug-likeness (QED) is 0.284. The lowest BCUT2D eigenvalue weighted by Crippen LogP contribution is -2.52. The van der Waals surface area contributed by atoms with Crippen molar-refractivity contribution in [1.29, 1.82) is 0 Å². The van der Waals surface area contributed by atoms with E-state index in [1.165, 1.54) is 30.0 Å². The zero-order valence-electron chi connectivity index (χ0n) is 19.0. The van der Waals surface area contributed by atoms with Gasteiger partial charge >= 0.3 is 0 Å². The van der Waals surface area contributed by atoms with Gasteiger partial charge in [-0.15, -0.1) is 0 Å². The van der Waals surface area contributed by atoms with E-state index in [0.29, 0.717) is 6.54 Å². The monoisotopic (exact) mass is 489 g/mol. The molecule has 0 bridgehead atoms. The number of thiocarbonyl (C=S) groups is 1. The number of carbonyl (C=O) groups excluding carboxylic acids is 2. The Morgan fingerprint density at radius 1 is 1.03 bits per heavy atom. The normalized spacial score (nSPS) is 19.8.